The topological polar surface area (TPSA) is 38.9 Å². The van der Waals surface area contributed by atoms with Crippen LogP contribution in [0.5, 0.6) is 0 Å². The molecule has 2 N–H and O–H groups in total. The number of hydrogen-bond acceptors (Lipinski definition) is 3. The molecule has 0 saturated carbocycles. The van der Waals surface area contributed by atoms with Crippen molar-refractivity contribution in [1.29, 1.82) is 0 Å². The third-order valence-electron chi connectivity index (χ3n) is 2.38. The van der Waals surface area contributed by atoms with Crippen LogP contribution in [-0.4, -0.2) is 11.0 Å². The molecule has 0 radical (unpaired) electrons. The molecule has 1 heterocycles. The van der Waals surface area contributed by atoms with E-state index in [9.17, 15) is 0 Å². The molecule has 1 aromatic rings. The Kier molecular flexibility index (Phi) is 5.80. The summed E-state index contributed by atoms with van der Waals surface area (Å²) in [5.74, 6) is 0. The van der Waals surface area contributed by atoms with Crippen LogP contribution >= 0.6 is 11.3 Å². The molecule has 0 aliphatic heterocycles. The van der Waals surface area contributed by atoms with E-state index in [1.165, 1.54) is 30.6 Å². The largest absolute Gasteiger partial charge is 0.327 e. The van der Waals surface area contributed by atoms with Crippen LogP contribution in [0.2, 0.25) is 0 Å². The molecule has 1 atom stereocenters. The summed E-state index contributed by atoms with van der Waals surface area (Å²) in [4.78, 5) is 5.36. The molecule has 14 heavy (non-hydrogen) atoms. The molecule has 80 valence electrons. The van der Waals surface area contributed by atoms with Crippen LogP contribution in [0.1, 0.15) is 43.9 Å². The minimum absolute atomic E-state index is 0.326. The van der Waals surface area contributed by atoms with E-state index in [0.717, 1.165) is 12.8 Å². The van der Waals surface area contributed by atoms with Gasteiger partial charge in [0.25, 0.3) is 0 Å². The standard InChI is InChI=1S/C11H20N2S/c1-2-3-4-5-6-10(12)7-11-8-13-9-14-11/h8-10H,2-7,12H2,1H3. The molecule has 0 bridgehead atoms. The van der Waals surface area contributed by atoms with Gasteiger partial charge in [-0.2, -0.15) is 0 Å². The number of unbranched alkanes of at least 4 members (excludes halogenated alkanes) is 3. The monoisotopic (exact) mass is 212 g/mol. The number of nitrogens with two attached hydrogens (primary N) is 1. The van der Waals surface area contributed by atoms with Crippen molar-refractivity contribution < 1.29 is 0 Å². The highest BCUT2D eigenvalue weighted by molar-refractivity contribution is 7.09. The van der Waals surface area contributed by atoms with Crippen LogP contribution in [0.25, 0.3) is 0 Å². The van der Waals surface area contributed by atoms with Gasteiger partial charge in [-0.05, 0) is 12.8 Å². The van der Waals surface area contributed by atoms with Gasteiger partial charge >= 0.3 is 0 Å². The number of hydrogen-bond donors (Lipinski definition) is 1. The molecule has 2 nitrogen and oxygen atoms in total. The maximum Gasteiger partial charge on any atom is 0.0794 e. The summed E-state index contributed by atoms with van der Waals surface area (Å²) >= 11 is 1.70. The van der Waals surface area contributed by atoms with Gasteiger partial charge in [-0.15, -0.1) is 11.3 Å². The molecule has 3 heteroatoms. The predicted octanol–water partition coefficient (Wildman–Crippen LogP) is 2.98. The van der Waals surface area contributed by atoms with Gasteiger partial charge in [0.05, 0.1) is 5.51 Å². The van der Waals surface area contributed by atoms with Crippen LogP contribution in [0.4, 0.5) is 0 Å². The fraction of sp³-hybridized carbons (Fsp3) is 0.727. The van der Waals surface area contributed by atoms with E-state index >= 15 is 0 Å². The van der Waals surface area contributed by atoms with Crippen molar-refractivity contribution in [3.63, 3.8) is 0 Å². The Morgan fingerprint density at radius 1 is 1.43 bits per heavy atom. The summed E-state index contributed by atoms with van der Waals surface area (Å²) in [5, 5.41) is 0. The summed E-state index contributed by atoms with van der Waals surface area (Å²) in [6.45, 7) is 2.23. The first kappa shape index (κ1) is 11.7. The Hall–Kier alpha value is -0.410. The molecule has 0 aliphatic carbocycles. The summed E-state index contributed by atoms with van der Waals surface area (Å²) < 4.78 is 0. The van der Waals surface area contributed by atoms with Gasteiger partial charge in [0, 0.05) is 17.1 Å². The Bertz CT molecular complexity index is 221. The van der Waals surface area contributed by atoms with Crippen LogP contribution in [0.15, 0.2) is 11.7 Å². The maximum atomic E-state index is 6.03. The zero-order chi connectivity index (χ0) is 10.2. The minimum atomic E-state index is 0.326. The molecule has 0 aliphatic rings. The molecule has 1 rings (SSSR count). The van der Waals surface area contributed by atoms with Gasteiger partial charge in [-0.1, -0.05) is 32.6 Å². The van der Waals surface area contributed by atoms with Crippen molar-refractivity contribution in [3.05, 3.63) is 16.6 Å². The molecule has 0 aromatic carbocycles. The third kappa shape index (κ3) is 4.72. The summed E-state index contributed by atoms with van der Waals surface area (Å²) in [5.41, 5.74) is 7.90. The average Bonchev–Trinajstić information content (AvgIpc) is 2.65. The van der Waals surface area contributed by atoms with Gasteiger partial charge < -0.3 is 5.73 Å². The van der Waals surface area contributed by atoms with Crippen LogP contribution in [0, 0.1) is 0 Å². The molecular weight excluding hydrogens is 192 g/mol. The van der Waals surface area contributed by atoms with Crippen LogP contribution in [0.3, 0.4) is 0 Å². The zero-order valence-corrected chi connectivity index (χ0v) is 9.72. The van der Waals surface area contributed by atoms with Crippen molar-refractivity contribution >= 4 is 11.3 Å². The van der Waals surface area contributed by atoms with Gasteiger partial charge in [-0.25, -0.2) is 0 Å². The van der Waals surface area contributed by atoms with E-state index in [1.807, 2.05) is 11.7 Å². The molecule has 1 aromatic heterocycles. The van der Waals surface area contributed by atoms with E-state index in [4.69, 9.17) is 5.73 Å². The lowest BCUT2D eigenvalue weighted by Gasteiger charge is -2.09. The highest BCUT2D eigenvalue weighted by Gasteiger charge is 2.04. The predicted molar refractivity (Wildman–Crippen MR) is 62.6 cm³/mol. The quantitative estimate of drug-likeness (QED) is 0.706. The highest BCUT2D eigenvalue weighted by atomic mass is 32.1. The van der Waals surface area contributed by atoms with Crippen molar-refractivity contribution in [1.82, 2.24) is 4.98 Å². The van der Waals surface area contributed by atoms with E-state index in [0.29, 0.717) is 6.04 Å². The Balaban J connectivity index is 2.07. The van der Waals surface area contributed by atoms with Crippen LogP contribution in [-0.2, 0) is 6.42 Å². The number of nitrogens with zero attached hydrogens (tertiary/aromatic N) is 1. The summed E-state index contributed by atoms with van der Waals surface area (Å²) in [6.07, 6.45) is 9.31. The van der Waals surface area contributed by atoms with Gasteiger partial charge in [0.2, 0.25) is 0 Å². The molecule has 0 fully saturated rings. The second kappa shape index (κ2) is 6.96. The Labute approximate surface area is 90.6 Å². The molecule has 0 saturated heterocycles. The van der Waals surface area contributed by atoms with Crippen molar-refractivity contribution in [2.45, 2.75) is 51.5 Å². The molecule has 1 unspecified atom stereocenters. The van der Waals surface area contributed by atoms with E-state index in [2.05, 4.69) is 11.9 Å². The van der Waals surface area contributed by atoms with Gasteiger partial charge in [0.15, 0.2) is 0 Å². The number of rotatable bonds is 7. The second-order valence-corrected chi connectivity index (χ2v) is 4.75. The van der Waals surface area contributed by atoms with E-state index in [1.54, 1.807) is 11.3 Å². The first-order chi connectivity index (χ1) is 6.83. The van der Waals surface area contributed by atoms with Crippen molar-refractivity contribution in [3.8, 4) is 0 Å². The lowest BCUT2D eigenvalue weighted by atomic mass is 10.1. The van der Waals surface area contributed by atoms with E-state index in [-0.39, 0.29) is 0 Å². The SMILES string of the molecule is CCCCCCC(N)Cc1cncs1. The maximum absolute atomic E-state index is 6.03. The fourth-order valence-electron chi connectivity index (χ4n) is 1.54. The minimum Gasteiger partial charge on any atom is -0.327 e. The van der Waals surface area contributed by atoms with Crippen molar-refractivity contribution in [2.24, 2.45) is 5.73 Å². The molecule has 0 spiro atoms. The number of aromatic nitrogens is 1. The average molecular weight is 212 g/mol. The molecular formula is C11H20N2S. The third-order valence-corrected chi connectivity index (χ3v) is 3.18. The van der Waals surface area contributed by atoms with Crippen molar-refractivity contribution in [2.75, 3.05) is 0 Å². The van der Waals surface area contributed by atoms with Gasteiger partial charge in [-0.3, -0.25) is 4.98 Å². The Morgan fingerprint density at radius 3 is 2.93 bits per heavy atom. The Morgan fingerprint density at radius 2 is 2.29 bits per heavy atom. The smallest absolute Gasteiger partial charge is 0.0794 e. The summed E-state index contributed by atoms with van der Waals surface area (Å²) in [6, 6.07) is 0.326. The first-order valence-electron chi connectivity index (χ1n) is 5.46. The number of thiazole rings is 1. The summed E-state index contributed by atoms with van der Waals surface area (Å²) in [7, 11) is 0. The molecule has 0 amide bonds. The van der Waals surface area contributed by atoms with E-state index < -0.39 is 0 Å². The van der Waals surface area contributed by atoms with Gasteiger partial charge in [0.1, 0.15) is 0 Å². The lowest BCUT2D eigenvalue weighted by Crippen LogP contribution is -2.22. The normalized spacial score (nSPS) is 13.0. The first-order valence-corrected chi connectivity index (χ1v) is 6.34. The zero-order valence-electron chi connectivity index (χ0n) is 8.91. The fourth-order valence-corrected chi connectivity index (χ4v) is 2.23. The van der Waals surface area contributed by atoms with Crippen LogP contribution < -0.4 is 5.73 Å². The highest BCUT2D eigenvalue weighted by Crippen LogP contribution is 2.11. The lowest BCUT2D eigenvalue weighted by molar-refractivity contribution is 0.548. The second-order valence-electron chi connectivity index (χ2n) is 3.78.